The first-order chi connectivity index (χ1) is 5.91. The molecule has 0 saturated carbocycles. The van der Waals surface area contributed by atoms with Crippen LogP contribution in [-0.2, 0) is 0 Å². The molecule has 13 heavy (non-hydrogen) atoms. The first kappa shape index (κ1) is 11.7. The van der Waals surface area contributed by atoms with Crippen LogP contribution in [0, 0.1) is 0 Å². The first-order valence-electron chi connectivity index (χ1n) is 2.64. The Labute approximate surface area is 67.7 Å². The van der Waals surface area contributed by atoms with Gasteiger partial charge in [0, 0.05) is 0 Å². The summed E-state index contributed by atoms with van der Waals surface area (Å²) < 4.78 is 81.2. The molecule has 0 radical (unpaired) electrons. The Balaban J connectivity index is 5.17. The summed E-state index contributed by atoms with van der Waals surface area (Å²) in [6.45, 7) is 0. The van der Waals surface area contributed by atoms with E-state index in [1.54, 1.807) is 0 Å². The van der Waals surface area contributed by atoms with Gasteiger partial charge in [-0.1, -0.05) is 0 Å². The zero-order chi connectivity index (χ0) is 10.6. The van der Waals surface area contributed by atoms with Gasteiger partial charge in [-0.3, -0.25) is 0 Å². The van der Waals surface area contributed by atoms with Crippen LogP contribution in [0.5, 0.6) is 0 Å². The molecule has 0 aliphatic rings. The quantitative estimate of drug-likeness (QED) is 0.473. The maximum absolute atomic E-state index is 12.0. The van der Waals surface area contributed by atoms with Crippen molar-refractivity contribution >= 4 is 0 Å². The third kappa shape index (κ3) is 2.92. The van der Waals surface area contributed by atoms with E-state index in [9.17, 15) is 30.7 Å². The van der Waals surface area contributed by atoms with Crippen LogP contribution in [-0.4, -0.2) is 0 Å². The number of rotatable bonds is 2. The fraction of sp³-hybridized carbons (Fsp3) is 0. The number of halogens is 7. The molecule has 0 atom stereocenters. The number of allylic oxidation sites excluding steroid dienone is 4. The minimum atomic E-state index is -3.17. The molecule has 0 spiro atoms. The predicted octanol–water partition coefficient (Wildman–Crippen LogP) is 4.00. The van der Waals surface area contributed by atoms with E-state index in [1.807, 2.05) is 0 Å². The third-order valence-corrected chi connectivity index (χ3v) is 0.857. The second kappa shape index (κ2) is 4.68. The average Bonchev–Trinajstić information content (AvgIpc) is 2.12. The van der Waals surface area contributed by atoms with E-state index < -0.39 is 35.7 Å². The molecular formula is C6HF7. The van der Waals surface area contributed by atoms with Gasteiger partial charge in [-0.2, -0.15) is 13.2 Å². The van der Waals surface area contributed by atoms with Crippen molar-refractivity contribution in [2.45, 2.75) is 0 Å². The van der Waals surface area contributed by atoms with Crippen molar-refractivity contribution in [2.24, 2.45) is 0 Å². The lowest BCUT2D eigenvalue weighted by Gasteiger charge is -1.93. The van der Waals surface area contributed by atoms with Crippen LogP contribution >= 0.6 is 0 Å². The molecule has 0 aliphatic heterocycles. The molecule has 0 N–H and O–H groups in total. The van der Waals surface area contributed by atoms with Crippen molar-refractivity contribution in [3.63, 3.8) is 0 Å². The molecule has 0 aromatic carbocycles. The summed E-state index contributed by atoms with van der Waals surface area (Å²) in [6, 6.07) is 0. The second-order valence-electron chi connectivity index (χ2n) is 1.66. The zero-order valence-corrected chi connectivity index (χ0v) is 5.72. The van der Waals surface area contributed by atoms with Crippen molar-refractivity contribution in [3.05, 3.63) is 35.7 Å². The Kier molecular flexibility index (Phi) is 4.22. The molecule has 0 fully saturated rings. The summed E-state index contributed by atoms with van der Waals surface area (Å²) in [5.41, 5.74) is 0. The standard InChI is InChI=1S/C6HF7/c7-1-2(8)3(9)4(10)5(11)6(12)13/h1H. The van der Waals surface area contributed by atoms with Crippen LogP contribution in [0.4, 0.5) is 30.7 Å². The topological polar surface area (TPSA) is 0 Å². The zero-order valence-electron chi connectivity index (χ0n) is 5.72. The molecule has 0 unspecified atom stereocenters. The maximum atomic E-state index is 12.0. The van der Waals surface area contributed by atoms with Gasteiger partial charge >= 0.3 is 6.08 Å². The van der Waals surface area contributed by atoms with Crippen LogP contribution in [0.1, 0.15) is 0 Å². The summed E-state index contributed by atoms with van der Waals surface area (Å²) in [5, 5.41) is 0. The van der Waals surface area contributed by atoms with Crippen molar-refractivity contribution in [1.82, 2.24) is 0 Å². The Morgan fingerprint density at radius 1 is 0.692 bits per heavy atom. The van der Waals surface area contributed by atoms with Crippen LogP contribution < -0.4 is 0 Å². The highest BCUT2D eigenvalue weighted by atomic mass is 19.3. The lowest BCUT2D eigenvalue weighted by Crippen LogP contribution is -1.85. The number of hydrogen-bond donors (Lipinski definition) is 0. The molecular weight excluding hydrogens is 205 g/mol. The van der Waals surface area contributed by atoms with Crippen molar-refractivity contribution < 1.29 is 30.7 Å². The van der Waals surface area contributed by atoms with E-state index in [1.165, 1.54) is 0 Å². The largest absolute Gasteiger partial charge is 0.308 e. The lowest BCUT2D eigenvalue weighted by molar-refractivity contribution is 0.364. The summed E-state index contributed by atoms with van der Waals surface area (Å²) in [6.07, 6.45) is -4.20. The normalized spacial score (nSPS) is 13.9. The molecule has 0 heterocycles. The predicted molar refractivity (Wildman–Crippen MR) is 29.9 cm³/mol. The highest BCUT2D eigenvalue weighted by molar-refractivity contribution is 5.30. The van der Waals surface area contributed by atoms with Crippen molar-refractivity contribution in [3.8, 4) is 0 Å². The van der Waals surface area contributed by atoms with E-state index >= 15 is 0 Å². The summed E-state index contributed by atoms with van der Waals surface area (Å²) in [5.74, 6) is -10.7. The molecule has 0 aromatic rings. The van der Waals surface area contributed by atoms with Gasteiger partial charge in [0.2, 0.25) is 11.7 Å². The Morgan fingerprint density at radius 3 is 1.46 bits per heavy atom. The fourth-order valence-corrected chi connectivity index (χ4v) is 0.332. The molecule has 0 bridgehead atoms. The molecule has 0 nitrogen and oxygen atoms in total. The number of hydrogen-bond acceptors (Lipinski definition) is 0. The highest BCUT2D eigenvalue weighted by Crippen LogP contribution is 2.27. The van der Waals surface area contributed by atoms with Gasteiger partial charge in [0.05, 0.1) is 0 Å². The van der Waals surface area contributed by atoms with E-state index in [4.69, 9.17) is 0 Å². The van der Waals surface area contributed by atoms with Gasteiger partial charge in [-0.05, 0) is 0 Å². The van der Waals surface area contributed by atoms with Crippen LogP contribution in [0.25, 0.3) is 0 Å². The molecule has 0 aliphatic carbocycles. The Bertz CT molecular complexity index is 281. The second-order valence-corrected chi connectivity index (χ2v) is 1.66. The van der Waals surface area contributed by atoms with Gasteiger partial charge in [0.15, 0.2) is 11.7 Å². The van der Waals surface area contributed by atoms with Gasteiger partial charge in [-0.25, -0.2) is 17.6 Å². The van der Waals surface area contributed by atoms with E-state index in [0.29, 0.717) is 0 Å². The fourth-order valence-electron chi connectivity index (χ4n) is 0.332. The van der Waals surface area contributed by atoms with Crippen LogP contribution in [0.2, 0.25) is 0 Å². The smallest absolute Gasteiger partial charge is 0.212 e. The summed E-state index contributed by atoms with van der Waals surface area (Å²) in [7, 11) is 0. The van der Waals surface area contributed by atoms with E-state index in [0.717, 1.165) is 0 Å². The summed E-state index contributed by atoms with van der Waals surface area (Å²) >= 11 is 0. The monoisotopic (exact) mass is 206 g/mol. The van der Waals surface area contributed by atoms with E-state index in [2.05, 4.69) is 0 Å². The van der Waals surface area contributed by atoms with Gasteiger partial charge in [0.1, 0.15) is 6.33 Å². The minimum Gasteiger partial charge on any atom is -0.212 e. The Morgan fingerprint density at radius 2 is 1.15 bits per heavy atom. The molecule has 0 saturated heterocycles. The SMILES string of the molecule is FC=C(F)C(F)=C(F)C(F)=C(F)F. The van der Waals surface area contributed by atoms with Crippen LogP contribution in [0.15, 0.2) is 35.7 Å². The molecule has 0 rings (SSSR count). The Hall–Kier alpha value is -1.27. The minimum absolute atomic E-state index is 1.03. The van der Waals surface area contributed by atoms with Crippen molar-refractivity contribution in [2.75, 3.05) is 0 Å². The maximum Gasteiger partial charge on any atom is 0.308 e. The van der Waals surface area contributed by atoms with Crippen LogP contribution in [0.3, 0.4) is 0 Å². The van der Waals surface area contributed by atoms with Gasteiger partial charge in [-0.15, -0.1) is 0 Å². The van der Waals surface area contributed by atoms with Gasteiger partial charge < -0.3 is 0 Å². The molecule has 7 heteroatoms. The lowest BCUT2D eigenvalue weighted by atomic mass is 10.4. The first-order valence-corrected chi connectivity index (χ1v) is 2.64. The van der Waals surface area contributed by atoms with Gasteiger partial charge in [0.25, 0.3) is 0 Å². The van der Waals surface area contributed by atoms with Crippen molar-refractivity contribution in [1.29, 1.82) is 0 Å². The third-order valence-electron chi connectivity index (χ3n) is 0.857. The molecule has 0 amide bonds. The van der Waals surface area contributed by atoms with E-state index in [-0.39, 0.29) is 0 Å². The molecule has 74 valence electrons. The average molecular weight is 206 g/mol. The molecule has 0 aromatic heterocycles. The highest BCUT2D eigenvalue weighted by Gasteiger charge is 2.20. The summed E-state index contributed by atoms with van der Waals surface area (Å²) in [4.78, 5) is 0.